The van der Waals surface area contributed by atoms with Crippen molar-refractivity contribution in [1.29, 1.82) is 0 Å². The van der Waals surface area contributed by atoms with Crippen molar-refractivity contribution >= 4 is 21.8 Å². The highest BCUT2D eigenvalue weighted by molar-refractivity contribution is 6.03. The summed E-state index contributed by atoms with van der Waals surface area (Å²) < 4.78 is 33.6. The van der Waals surface area contributed by atoms with Gasteiger partial charge in [-0.05, 0) is 66.6 Å². The Balaban J connectivity index is 1.46. The summed E-state index contributed by atoms with van der Waals surface area (Å²) in [6.45, 7) is 3.12. The predicted molar refractivity (Wildman–Crippen MR) is 157 cm³/mol. The number of fused-ring (bicyclic) bond motifs is 2. The summed E-state index contributed by atoms with van der Waals surface area (Å²) in [5, 5.41) is 8.27. The van der Waals surface area contributed by atoms with Gasteiger partial charge in [0, 0.05) is 34.9 Å². The molecule has 0 bridgehead atoms. The lowest BCUT2D eigenvalue weighted by molar-refractivity contribution is 0.0217. The van der Waals surface area contributed by atoms with Gasteiger partial charge < -0.3 is 14.2 Å². The third kappa shape index (κ3) is 4.78. The molecule has 7 rings (SSSR count). The van der Waals surface area contributed by atoms with Gasteiger partial charge in [0.05, 0.1) is 30.3 Å². The van der Waals surface area contributed by atoms with Gasteiger partial charge in [0.15, 0.2) is 5.75 Å². The normalized spacial score (nSPS) is 15.6. The van der Waals surface area contributed by atoms with E-state index in [0.29, 0.717) is 59.4 Å². The fourth-order valence-electron chi connectivity index (χ4n) is 5.70. The average molecular weight is 565 g/mol. The minimum atomic E-state index is -0.359. The number of nitrogens with zero attached hydrogens (tertiary/aromatic N) is 2. The largest absolute Gasteiger partial charge is 0.486 e. The highest BCUT2D eigenvalue weighted by Crippen LogP contribution is 2.51. The molecule has 42 heavy (non-hydrogen) atoms. The maximum Gasteiger partial charge on any atom is 0.297 e. The van der Waals surface area contributed by atoms with Crippen LogP contribution in [0.15, 0.2) is 47.4 Å². The summed E-state index contributed by atoms with van der Waals surface area (Å²) >= 11 is 0. The van der Waals surface area contributed by atoms with Crippen molar-refractivity contribution in [2.45, 2.75) is 51.2 Å². The molecule has 5 aromatic rings. The third-order valence-corrected chi connectivity index (χ3v) is 8.12. The van der Waals surface area contributed by atoms with Gasteiger partial charge in [-0.3, -0.25) is 14.9 Å². The zero-order valence-corrected chi connectivity index (χ0v) is 23.1. The summed E-state index contributed by atoms with van der Waals surface area (Å²) in [6, 6.07) is 11.0. The van der Waals surface area contributed by atoms with E-state index >= 15 is 4.39 Å². The molecule has 2 fully saturated rings. The number of benzene rings is 3. The van der Waals surface area contributed by atoms with Crippen LogP contribution in [0.25, 0.3) is 32.9 Å². The van der Waals surface area contributed by atoms with E-state index in [2.05, 4.69) is 21.1 Å². The molecule has 1 saturated heterocycles. The first-order valence-corrected chi connectivity index (χ1v) is 14.2. The number of terminal acetylenes is 1. The van der Waals surface area contributed by atoms with Gasteiger partial charge in [0.25, 0.3) is 11.6 Å². The van der Waals surface area contributed by atoms with Crippen LogP contribution in [0.1, 0.15) is 53.9 Å². The van der Waals surface area contributed by atoms with E-state index in [1.54, 1.807) is 13.1 Å². The monoisotopic (exact) mass is 564 g/mol. The van der Waals surface area contributed by atoms with Crippen LogP contribution in [-0.4, -0.2) is 39.5 Å². The van der Waals surface area contributed by atoms with Crippen LogP contribution in [0.4, 0.5) is 4.39 Å². The van der Waals surface area contributed by atoms with Gasteiger partial charge >= 0.3 is 0 Å². The number of ether oxygens (including phenoxy) is 3. The molecule has 1 saturated carbocycles. The first kappa shape index (κ1) is 26.2. The highest BCUT2D eigenvalue weighted by atomic mass is 19.1. The third-order valence-electron chi connectivity index (χ3n) is 8.12. The first-order valence-electron chi connectivity index (χ1n) is 14.2. The molecule has 2 N–H and O–H groups in total. The summed E-state index contributed by atoms with van der Waals surface area (Å²) in [5.41, 5.74) is 5.08. The molecule has 0 radical (unpaired) electrons. The molecule has 2 aliphatic rings. The lowest BCUT2D eigenvalue weighted by Crippen LogP contribution is -2.27. The maximum absolute atomic E-state index is 15.4. The van der Waals surface area contributed by atoms with Gasteiger partial charge in [-0.15, -0.1) is 6.42 Å². The molecule has 0 spiro atoms. The zero-order chi connectivity index (χ0) is 28.8. The van der Waals surface area contributed by atoms with Crippen LogP contribution in [0, 0.1) is 25.1 Å². The highest BCUT2D eigenvalue weighted by Gasteiger charge is 2.33. The second kappa shape index (κ2) is 10.6. The Hall–Kier alpha value is -4.68. The smallest absolute Gasteiger partial charge is 0.297 e. The average Bonchev–Trinajstić information content (AvgIpc) is 3.75. The van der Waals surface area contributed by atoms with Gasteiger partial charge in [0.1, 0.15) is 24.0 Å². The molecule has 9 heteroatoms. The van der Waals surface area contributed by atoms with E-state index < -0.39 is 0 Å². The zero-order valence-electron chi connectivity index (χ0n) is 23.1. The van der Waals surface area contributed by atoms with Crippen LogP contribution in [0.3, 0.4) is 0 Å². The lowest BCUT2D eigenvalue weighted by Gasteiger charge is -2.23. The van der Waals surface area contributed by atoms with Crippen LogP contribution in [0.5, 0.6) is 11.8 Å². The van der Waals surface area contributed by atoms with Gasteiger partial charge in [-0.1, -0.05) is 18.1 Å². The van der Waals surface area contributed by atoms with Crippen LogP contribution < -0.4 is 15.0 Å². The Morgan fingerprint density at radius 3 is 2.62 bits per heavy atom. The summed E-state index contributed by atoms with van der Waals surface area (Å²) in [5.74, 6) is 2.89. The molecule has 0 atom stereocenters. The number of nitrogens with one attached hydrogen (secondary N) is 2. The summed E-state index contributed by atoms with van der Waals surface area (Å²) in [4.78, 5) is 21.2. The fraction of sp³-hybridized carbons (Fsp3) is 0.303. The van der Waals surface area contributed by atoms with Crippen LogP contribution in [-0.2, 0) is 11.3 Å². The quantitative estimate of drug-likeness (QED) is 0.238. The molecule has 3 aromatic carbocycles. The van der Waals surface area contributed by atoms with E-state index in [1.165, 1.54) is 6.07 Å². The topological polar surface area (TPSA) is 102 Å². The number of H-pyrrole nitrogens is 2. The molecule has 212 valence electrons. The van der Waals surface area contributed by atoms with E-state index in [4.69, 9.17) is 25.6 Å². The number of aromatic amines is 2. The van der Waals surface area contributed by atoms with Crippen molar-refractivity contribution < 1.29 is 18.6 Å². The number of hydrogen-bond acceptors (Lipinski definition) is 6. The molecule has 0 amide bonds. The van der Waals surface area contributed by atoms with Gasteiger partial charge in [-0.2, -0.15) is 10.1 Å². The summed E-state index contributed by atoms with van der Waals surface area (Å²) in [6.07, 6.45) is 10.4. The standard InChI is InChI=1S/C33H29FN4O4/c1-3-19-4-6-20(7-5-19)17-41-31-29(28-18(2)26(34)15-27-25(28)16-35-38-27)23(21-8-9-21)14-24-30(31)36-33(37-32(24)39)42-22-10-12-40-13-11-22/h1,4-7,14-16,21-22H,8-13,17H2,2H3,(H,35,38)(H,36,37,39). The van der Waals surface area contributed by atoms with Gasteiger partial charge in [0.2, 0.25) is 0 Å². The van der Waals surface area contributed by atoms with Crippen molar-refractivity contribution in [3.63, 3.8) is 0 Å². The second-order valence-corrected chi connectivity index (χ2v) is 11.0. The minimum absolute atomic E-state index is 0.122. The Morgan fingerprint density at radius 2 is 1.88 bits per heavy atom. The molecular formula is C33H29FN4O4. The Kier molecular flexibility index (Phi) is 6.63. The van der Waals surface area contributed by atoms with Crippen LogP contribution in [0.2, 0.25) is 0 Å². The van der Waals surface area contributed by atoms with Crippen LogP contribution >= 0.6 is 0 Å². The minimum Gasteiger partial charge on any atom is -0.486 e. The molecular weight excluding hydrogens is 535 g/mol. The number of hydrogen-bond donors (Lipinski definition) is 2. The molecule has 2 aromatic heterocycles. The first-order chi connectivity index (χ1) is 20.5. The summed E-state index contributed by atoms with van der Waals surface area (Å²) in [7, 11) is 0. The number of rotatable bonds is 7. The van der Waals surface area contributed by atoms with E-state index in [9.17, 15) is 4.79 Å². The maximum atomic E-state index is 15.4. The number of aromatic nitrogens is 4. The fourth-order valence-corrected chi connectivity index (χ4v) is 5.70. The lowest BCUT2D eigenvalue weighted by atomic mass is 9.89. The Labute approximate surface area is 241 Å². The van der Waals surface area contributed by atoms with Crippen molar-refractivity contribution in [1.82, 2.24) is 20.2 Å². The second-order valence-electron chi connectivity index (χ2n) is 11.0. The van der Waals surface area contributed by atoms with E-state index in [1.807, 2.05) is 30.3 Å². The number of halogens is 1. The molecule has 8 nitrogen and oxygen atoms in total. The van der Waals surface area contributed by atoms with E-state index in [-0.39, 0.29) is 36.0 Å². The Morgan fingerprint density at radius 1 is 1.10 bits per heavy atom. The van der Waals surface area contributed by atoms with Crippen molar-refractivity contribution in [2.75, 3.05) is 13.2 Å². The van der Waals surface area contributed by atoms with E-state index in [0.717, 1.165) is 40.5 Å². The van der Waals surface area contributed by atoms with Crippen molar-refractivity contribution in [2.24, 2.45) is 0 Å². The predicted octanol–water partition coefficient (Wildman–Crippen LogP) is 5.91. The molecule has 3 heterocycles. The molecule has 1 aliphatic heterocycles. The van der Waals surface area contributed by atoms with Crippen molar-refractivity contribution in [3.8, 4) is 35.2 Å². The molecule has 0 unspecified atom stereocenters. The SMILES string of the molecule is C#Cc1ccc(COc2c(-c3c(C)c(F)cc4[nH]ncc34)c(C3CC3)cc3c(=O)[nH]c(OC4CCOCC4)nc23)cc1. The molecule has 1 aliphatic carbocycles. The Bertz CT molecular complexity index is 1910. The van der Waals surface area contributed by atoms with Crippen molar-refractivity contribution in [3.05, 3.63) is 81.0 Å². The van der Waals surface area contributed by atoms with Gasteiger partial charge in [-0.25, -0.2) is 4.39 Å².